The summed E-state index contributed by atoms with van der Waals surface area (Å²) in [5, 5.41) is 0. The molecule has 0 spiro atoms. The number of rotatable bonds is 0. The zero-order chi connectivity index (χ0) is 7.91. The molecule has 0 aromatic heterocycles. The molecule has 0 nitrogen and oxygen atoms in total. The molecule has 54 valence electrons. The first-order valence-electron chi connectivity index (χ1n) is 2.16. The first-order chi connectivity index (χ1) is 3.97. The molecule has 0 unspecified atom stereocenters. The van der Waals surface area contributed by atoms with Gasteiger partial charge in [0.2, 0.25) is 0 Å². The van der Waals surface area contributed by atoms with Gasteiger partial charge < -0.3 is 0 Å². The zero-order valence-electron chi connectivity index (χ0n) is 4.80. The van der Waals surface area contributed by atoms with Crippen LogP contribution in [-0.2, 0) is 13.2 Å². The Labute approximate surface area is 72.9 Å². The molecule has 0 heterocycles. The van der Waals surface area contributed by atoms with Crippen LogP contribution < -0.4 is 0 Å². The van der Waals surface area contributed by atoms with Crippen molar-refractivity contribution < 1.29 is 26.4 Å². The molecule has 0 N–H and O–H groups in total. The molecule has 0 aliphatic carbocycles. The second-order valence-corrected chi connectivity index (χ2v) is 15.1. The van der Waals surface area contributed by atoms with Gasteiger partial charge in [0.15, 0.2) is 0 Å². The van der Waals surface area contributed by atoms with Gasteiger partial charge in [-0.05, 0) is 0 Å². The Morgan fingerprint density at radius 2 is 1.44 bits per heavy atom. The monoisotopic (exact) mass is 320 g/mol. The predicted molar refractivity (Wildman–Crippen MR) is 34.2 cm³/mol. The van der Waals surface area contributed by atoms with E-state index in [9.17, 15) is 13.2 Å². The van der Waals surface area contributed by atoms with Crippen LogP contribution in [0.2, 0.25) is 0 Å². The summed E-state index contributed by atoms with van der Waals surface area (Å²) in [5.74, 6) is 0. The summed E-state index contributed by atoms with van der Waals surface area (Å²) >= 11 is 6.25. The number of hydrogen-bond acceptors (Lipinski definition) is 0. The van der Waals surface area contributed by atoms with Gasteiger partial charge in [-0.25, -0.2) is 0 Å². The third-order valence-electron chi connectivity index (χ3n) is 0.401. The summed E-state index contributed by atoms with van der Waals surface area (Å²) in [6, 6.07) is 0. The molecule has 0 atom stereocenters. The standard InChI is InChI=1S/C3H5F3.2BrH.Zn/c1-2-3(4,5)6;;;/h2H2,1H3;2*1H;/q;;;+2/p-2. The minimum absolute atomic E-state index is 0.250. The first-order valence-corrected chi connectivity index (χ1v) is 16.1. The molecule has 0 amide bonds. The van der Waals surface area contributed by atoms with Crippen molar-refractivity contribution in [1.82, 2.24) is 0 Å². The third-order valence-corrected chi connectivity index (χ3v) is 0.401. The van der Waals surface area contributed by atoms with Gasteiger partial charge in [0.05, 0.1) is 0 Å². The van der Waals surface area contributed by atoms with E-state index in [0.717, 1.165) is 6.92 Å². The van der Waals surface area contributed by atoms with Gasteiger partial charge in [-0.2, -0.15) is 13.2 Å². The second kappa shape index (κ2) is 7.48. The Hall–Kier alpha value is 1.37. The Kier molecular flexibility index (Phi) is 10.8. The maximum absolute atomic E-state index is 10.8. The van der Waals surface area contributed by atoms with E-state index in [1.807, 2.05) is 0 Å². The van der Waals surface area contributed by atoms with E-state index >= 15 is 0 Å². The molecule has 0 aliphatic heterocycles. The van der Waals surface area contributed by atoms with Gasteiger partial charge in [-0.3, -0.25) is 0 Å². The van der Waals surface area contributed by atoms with Crippen molar-refractivity contribution in [2.75, 3.05) is 0 Å². The number of alkyl halides is 3. The molecule has 9 heavy (non-hydrogen) atoms. The Morgan fingerprint density at radius 3 is 1.44 bits per heavy atom. The van der Waals surface area contributed by atoms with Crippen molar-refractivity contribution >= 4 is 27.2 Å². The van der Waals surface area contributed by atoms with Crippen LogP contribution in [-0.4, -0.2) is 6.18 Å². The van der Waals surface area contributed by atoms with Crippen LogP contribution in [0.3, 0.4) is 0 Å². The van der Waals surface area contributed by atoms with Gasteiger partial charge in [-0.1, -0.05) is 6.92 Å². The molecule has 6 heteroatoms. The van der Waals surface area contributed by atoms with Crippen molar-refractivity contribution in [1.29, 1.82) is 0 Å². The van der Waals surface area contributed by atoms with Crippen LogP contribution in [0, 0.1) is 0 Å². The van der Waals surface area contributed by atoms with Crippen LogP contribution in [0.4, 0.5) is 13.2 Å². The quantitative estimate of drug-likeness (QED) is 0.597. The zero-order valence-corrected chi connectivity index (χ0v) is 10.9. The van der Waals surface area contributed by atoms with Crippen molar-refractivity contribution in [3.05, 3.63) is 0 Å². The Balaban J connectivity index is 0. The van der Waals surface area contributed by atoms with E-state index in [1.165, 1.54) is 0 Å². The SMILES string of the molecule is CCC(F)(F)F.[Br][Zn][Br]. The summed E-state index contributed by atoms with van der Waals surface area (Å²) < 4.78 is 32.4. The average molecular weight is 323 g/mol. The molecule has 0 fully saturated rings. The third kappa shape index (κ3) is 26.6. The van der Waals surface area contributed by atoms with E-state index < -0.39 is 12.6 Å². The van der Waals surface area contributed by atoms with Crippen molar-refractivity contribution in [3.8, 4) is 0 Å². The molecule has 0 aliphatic rings. The summed E-state index contributed by atoms with van der Waals surface area (Å²) in [4.78, 5) is 0. The topological polar surface area (TPSA) is 0 Å². The maximum atomic E-state index is 10.8. The van der Waals surface area contributed by atoms with Gasteiger partial charge in [0.1, 0.15) is 0 Å². The van der Waals surface area contributed by atoms with Crippen molar-refractivity contribution in [2.45, 2.75) is 19.5 Å². The molecule has 0 radical (unpaired) electrons. The molecular formula is C3H5Br2F3Zn. The minimum atomic E-state index is -3.96. The van der Waals surface area contributed by atoms with E-state index in [1.54, 1.807) is 0 Å². The molecular weight excluding hydrogens is 318 g/mol. The second-order valence-electron chi connectivity index (χ2n) is 1.07. The number of halogens is 5. The molecule has 0 aromatic carbocycles. The fraction of sp³-hybridized carbons (Fsp3) is 1.00. The van der Waals surface area contributed by atoms with Gasteiger partial charge in [0, 0.05) is 6.42 Å². The van der Waals surface area contributed by atoms with Crippen LogP contribution in [0.15, 0.2) is 0 Å². The predicted octanol–water partition coefficient (Wildman–Crippen LogP) is 3.65. The van der Waals surface area contributed by atoms with Crippen molar-refractivity contribution in [3.63, 3.8) is 0 Å². The molecule has 0 bridgehead atoms. The molecule has 0 saturated carbocycles. The van der Waals surface area contributed by atoms with Crippen LogP contribution in [0.25, 0.3) is 0 Å². The van der Waals surface area contributed by atoms with E-state index in [-0.39, 0.29) is 13.2 Å². The van der Waals surface area contributed by atoms with E-state index in [4.69, 9.17) is 0 Å². The Bertz CT molecular complexity index is 55.5. The van der Waals surface area contributed by atoms with Gasteiger partial charge in [-0.15, -0.1) is 0 Å². The van der Waals surface area contributed by atoms with Crippen LogP contribution in [0.1, 0.15) is 13.3 Å². The Morgan fingerprint density at radius 1 is 1.33 bits per heavy atom. The average Bonchev–Trinajstić information content (AvgIpc) is 1.67. The van der Waals surface area contributed by atoms with Crippen LogP contribution in [0.5, 0.6) is 0 Å². The fourth-order valence-corrected chi connectivity index (χ4v) is 0. The fourth-order valence-electron chi connectivity index (χ4n) is 0. The van der Waals surface area contributed by atoms with Crippen LogP contribution >= 0.6 is 27.2 Å². The first kappa shape index (κ1) is 13.0. The summed E-state index contributed by atoms with van der Waals surface area (Å²) in [6.45, 7) is 1.08. The number of hydrogen-bond donors (Lipinski definition) is 0. The van der Waals surface area contributed by atoms with E-state index in [0.29, 0.717) is 0 Å². The van der Waals surface area contributed by atoms with E-state index in [2.05, 4.69) is 27.2 Å². The molecule has 0 saturated heterocycles. The summed E-state index contributed by atoms with van der Waals surface area (Å²) in [7, 11) is 0. The van der Waals surface area contributed by atoms with Crippen molar-refractivity contribution in [2.24, 2.45) is 0 Å². The molecule has 0 rings (SSSR count). The summed E-state index contributed by atoms with van der Waals surface area (Å²) in [5.41, 5.74) is 0. The summed E-state index contributed by atoms with van der Waals surface area (Å²) in [6.07, 6.45) is -4.69. The van der Waals surface area contributed by atoms with Gasteiger partial charge >= 0.3 is 46.6 Å². The molecule has 0 aromatic rings. The normalized spacial score (nSPS) is 9.11. The van der Waals surface area contributed by atoms with Gasteiger partial charge in [0.25, 0.3) is 0 Å².